The molecule has 1 rings (SSSR count). The van der Waals surface area contributed by atoms with Gasteiger partial charge < -0.3 is 15.2 Å². The van der Waals surface area contributed by atoms with Crippen LogP contribution in [0.5, 0.6) is 0 Å². The Kier molecular flexibility index (Phi) is 6.84. The summed E-state index contributed by atoms with van der Waals surface area (Å²) >= 11 is 0. The van der Waals surface area contributed by atoms with Crippen molar-refractivity contribution in [1.29, 1.82) is 0 Å². The number of carboxylic acids is 1. The summed E-state index contributed by atoms with van der Waals surface area (Å²) in [6.45, 7) is 1.74. The average Bonchev–Trinajstić information content (AvgIpc) is 2.87. The highest BCUT2D eigenvalue weighted by Gasteiger charge is 2.29. The van der Waals surface area contributed by atoms with Crippen LogP contribution in [0.25, 0.3) is 0 Å². The van der Waals surface area contributed by atoms with Crippen LogP contribution in [0.3, 0.4) is 0 Å². The lowest BCUT2D eigenvalue weighted by Gasteiger charge is -2.22. The van der Waals surface area contributed by atoms with Gasteiger partial charge in [0.05, 0.1) is 6.10 Å². The van der Waals surface area contributed by atoms with E-state index >= 15 is 0 Å². The van der Waals surface area contributed by atoms with Crippen LogP contribution in [0.1, 0.15) is 45.4 Å². The van der Waals surface area contributed by atoms with Crippen molar-refractivity contribution < 1.29 is 28.2 Å². The molecule has 20 heavy (non-hydrogen) atoms. The molecule has 0 saturated heterocycles. The van der Waals surface area contributed by atoms with E-state index in [2.05, 4.69) is 5.32 Å². The zero-order chi connectivity index (χ0) is 15.1. The van der Waals surface area contributed by atoms with Crippen molar-refractivity contribution in [1.82, 2.24) is 5.32 Å². The number of aliphatic carboxylic acids is 1. The molecule has 0 radical (unpaired) electrons. The third-order valence-corrected chi connectivity index (χ3v) is 3.35. The lowest BCUT2D eigenvalue weighted by Crippen LogP contribution is -2.47. The molecule has 1 amide bonds. The predicted octanol–water partition coefficient (Wildman–Crippen LogP) is 1.95. The van der Waals surface area contributed by atoms with E-state index in [1.165, 1.54) is 0 Å². The van der Waals surface area contributed by atoms with Gasteiger partial charge >= 0.3 is 5.97 Å². The zero-order valence-corrected chi connectivity index (χ0v) is 11.5. The monoisotopic (exact) mass is 293 g/mol. The van der Waals surface area contributed by atoms with E-state index < -0.39 is 36.9 Å². The molecule has 2 atom stereocenters. The molecular formula is C13H21F2NO4. The summed E-state index contributed by atoms with van der Waals surface area (Å²) in [6, 6.07) is -1.58. The van der Waals surface area contributed by atoms with E-state index in [0.29, 0.717) is 6.42 Å². The third kappa shape index (κ3) is 5.40. The van der Waals surface area contributed by atoms with Gasteiger partial charge in [0.25, 0.3) is 0 Å². The second-order valence-electron chi connectivity index (χ2n) is 4.97. The van der Waals surface area contributed by atoms with E-state index in [0.717, 1.165) is 25.7 Å². The fourth-order valence-electron chi connectivity index (χ4n) is 2.26. The van der Waals surface area contributed by atoms with E-state index in [-0.39, 0.29) is 6.10 Å². The first-order chi connectivity index (χ1) is 9.43. The number of nitrogens with one attached hydrogen (secondary N) is 1. The number of ether oxygens (including phenoxy) is 1. The Morgan fingerprint density at radius 3 is 2.40 bits per heavy atom. The molecule has 1 saturated carbocycles. The second kappa shape index (κ2) is 8.14. The maximum atomic E-state index is 12.3. The van der Waals surface area contributed by atoms with Crippen molar-refractivity contribution >= 4 is 11.9 Å². The van der Waals surface area contributed by atoms with E-state index in [9.17, 15) is 18.4 Å². The van der Waals surface area contributed by atoms with Gasteiger partial charge in [-0.05, 0) is 19.3 Å². The van der Waals surface area contributed by atoms with Crippen LogP contribution in [-0.2, 0) is 14.3 Å². The van der Waals surface area contributed by atoms with Gasteiger partial charge in [-0.3, -0.25) is 4.79 Å². The molecule has 0 heterocycles. The number of rotatable bonds is 8. The van der Waals surface area contributed by atoms with Crippen LogP contribution in [0.15, 0.2) is 0 Å². The Bertz CT molecular complexity index is 332. The van der Waals surface area contributed by atoms with Gasteiger partial charge in [0.15, 0.2) is 0 Å². The number of halogens is 2. The molecule has 0 bridgehead atoms. The summed E-state index contributed by atoms with van der Waals surface area (Å²) in [5.74, 6) is -2.10. The van der Waals surface area contributed by atoms with Crippen LogP contribution < -0.4 is 5.32 Å². The van der Waals surface area contributed by atoms with Gasteiger partial charge in [-0.1, -0.05) is 19.8 Å². The van der Waals surface area contributed by atoms with Crippen molar-refractivity contribution in [3.05, 3.63) is 0 Å². The lowest BCUT2D eigenvalue weighted by molar-refractivity contribution is -0.147. The highest BCUT2D eigenvalue weighted by atomic mass is 19.3. The largest absolute Gasteiger partial charge is 0.480 e. The van der Waals surface area contributed by atoms with Gasteiger partial charge in [-0.15, -0.1) is 0 Å². The summed E-state index contributed by atoms with van der Waals surface area (Å²) in [5.41, 5.74) is 0. The molecule has 1 fully saturated rings. The van der Waals surface area contributed by atoms with Crippen LogP contribution in [0.2, 0.25) is 0 Å². The van der Waals surface area contributed by atoms with Gasteiger partial charge in [-0.25, -0.2) is 13.6 Å². The topological polar surface area (TPSA) is 75.6 Å². The molecule has 0 aromatic rings. The lowest BCUT2D eigenvalue weighted by atomic mass is 10.1. The van der Waals surface area contributed by atoms with Gasteiger partial charge in [0.1, 0.15) is 12.1 Å². The molecular weight excluding hydrogens is 272 g/mol. The van der Waals surface area contributed by atoms with Crippen LogP contribution in [0.4, 0.5) is 8.78 Å². The number of carbonyl (C=O) groups is 2. The molecule has 7 heteroatoms. The standard InChI is InChI=1S/C13H21F2NO4/c1-2-10(20-8-5-3-4-6-8)12(17)16-9(13(18)19)7-11(14)15/h8-11H,2-7H2,1H3,(H,16,17)(H,18,19). The summed E-state index contributed by atoms with van der Waals surface area (Å²) < 4.78 is 30.1. The molecule has 2 N–H and O–H groups in total. The molecule has 1 aliphatic carbocycles. The number of hydrogen-bond donors (Lipinski definition) is 2. The van der Waals surface area contributed by atoms with Crippen molar-refractivity contribution in [2.24, 2.45) is 0 Å². The number of carboxylic acid groups (broad SMARTS) is 1. The molecule has 5 nitrogen and oxygen atoms in total. The Hall–Kier alpha value is -1.24. The first-order valence-electron chi connectivity index (χ1n) is 6.90. The van der Waals surface area contributed by atoms with Crippen molar-refractivity contribution in [3.8, 4) is 0 Å². The highest BCUT2D eigenvalue weighted by molar-refractivity contribution is 5.86. The fraction of sp³-hybridized carbons (Fsp3) is 0.846. The van der Waals surface area contributed by atoms with E-state index in [4.69, 9.17) is 9.84 Å². The Labute approximate surface area is 116 Å². The molecule has 0 aliphatic heterocycles. The molecule has 116 valence electrons. The predicted molar refractivity (Wildman–Crippen MR) is 67.6 cm³/mol. The maximum Gasteiger partial charge on any atom is 0.326 e. The molecule has 0 aromatic carbocycles. The Balaban J connectivity index is 2.53. The summed E-state index contributed by atoms with van der Waals surface area (Å²) in [5, 5.41) is 11.0. The number of carbonyl (C=O) groups excluding carboxylic acids is 1. The normalized spacial score (nSPS) is 19.0. The summed E-state index contributed by atoms with van der Waals surface area (Å²) in [6.07, 6.45) is -0.233. The summed E-state index contributed by atoms with van der Waals surface area (Å²) in [4.78, 5) is 22.8. The number of amides is 1. The number of alkyl halides is 2. The van der Waals surface area contributed by atoms with E-state index in [1.807, 2.05) is 0 Å². The van der Waals surface area contributed by atoms with Gasteiger partial charge in [0, 0.05) is 6.42 Å². The Morgan fingerprint density at radius 1 is 1.35 bits per heavy atom. The zero-order valence-electron chi connectivity index (χ0n) is 11.5. The average molecular weight is 293 g/mol. The van der Waals surface area contributed by atoms with Gasteiger partial charge in [-0.2, -0.15) is 0 Å². The Morgan fingerprint density at radius 2 is 1.95 bits per heavy atom. The fourth-order valence-corrected chi connectivity index (χ4v) is 2.26. The molecule has 0 aromatic heterocycles. The molecule has 2 unspecified atom stereocenters. The van der Waals surface area contributed by atoms with Crippen molar-refractivity contribution in [2.75, 3.05) is 0 Å². The van der Waals surface area contributed by atoms with Crippen LogP contribution >= 0.6 is 0 Å². The first kappa shape index (κ1) is 16.8. The quantitative estimate of drug-likeness (QED) is 0.717. The van der Waals surface area contributed by atoms with Crippen molar-refractivity contribution in [2.45, 2.75) is 70.1 Å². The maximum absolute atomic E-state index is 12.3. The van der Waals surface area contributed by atoms with Crippen LogP contribution in [0, 0.1) is 0 Å². The van der Waals surface area contributed by atoms with E-state index in [1.54, 1.807) is 6.92 Å². The van der Waals surface area contributed by atoms with Crippen molar-refractivity contribution in [3.63, 3.8) is 0 Å². The molecule has 0 spiro atoms. The smallest absolute Gasteiger partial charge is 0.326 e. The SMILES string of the molecule is CCC(OC1CCCC1)C(=O)NC(CC(F)F)C(=O)O. The molecule has 1 aliphatic rings. The first-order valence-corrected chi connectivity index (χ1v) is 6.90. The minimum atomic E-state index is -2.78. The summed E-state index contributed by atoms with van der Waals surface area (Å²) in [7, 11) is 0. The minimum Gasteiger partial charge on any atom is -0.480 e. The highest BCUT2D eigenvalue weighted by Crippen LogP contribution is 2.23. The minimum absolute atomic E-state index is 0.00377. The second-order valence-corrected chi connectivity index (χ2v) is 4.97. The third-order valence-electron chi connectivity index (χ3n) is 3.35. The number of hydrogen-bond acceptors (Lipinski definition) is 3. The van der Waals surface area contributed by atoms with Crippen LogP contribution in [-0.4, -0.2) is 41.7 Å². The van der Waals surface area contributed by atoms with Gasteiger partial charge in [0.2, 0.25) is 12.3 Å².